The van der Waals surface area contributed by atoms with Crippen LogP contribution in [0.4, 0.5) is 29.3 Å². The van der Waals surface area contributed by atoms with Crippen LogP contribution >= 0.6 is 0 Å². The second kappa shape index (κ2) is 5.66. The number of aromatic nitrogens is 1. The van der Waals surface area contributed by atoms with Crippen LogP contribution in [0.25, 0.3) is 0 Å². The Bertz CT molecular complexity index is 523. The Morgan fingerprint density at radius 2 is 2.14 bits per heavy atom. The highest BCUT2D eigenvalue weighted by Gasteiger charge is 2.45. The van der Waals surface area contributed by atoms with Crippen LogP contribution in [0.2, 0.25) is 0 Å². The van der Waals surface area contributed by atoms with E-state index >= 15 is 0 Å². The molecule has 1 fully saturated rings. The number of carbonyl (C=O) groups excluding carboxylic acids is 1. The minimum Gasteiger partial charge on any atom is -0.444 e. The summed E-state index contributed by atoms with van der Waals surface area (Å²) in [6.45, 7) is -0.153. The molecule has 0 saturated carbocycles. The number of amides is 1. The number of hydrogen-bond donors (Lipinski definition) is 2. The summed E-state index contributed by atoms with van der Waals surface area (Å²) in [6, 6.07) is 1.52. The van der Waals surface area contributed by atoms with Gasteiger partial charge >= 0.3 is 12.3 Å². The number of alkyl halides is 3. The number of ether oxygens (including phenoxy) is 1. The summed E-state index contributed by atoms with van der Waals surface area (Å²) in [5.41, 5.74) is 11.3. The van der Waals surface area contributed by atoms with E-state index in [0.29, 0.717) is 5.69 Å². The number of nitrogens with two attached hydrogens (primary N) is 2. The molecule has 1 amide bonds. The van der Waals surface area contributed by atoms with Crippen molar-refractivity contribution in [1.29, 1.82) is 0 Å². The Hall–Kier alpha value is -2.19. The van der Waals surface area contributed by atoms with Gasteiger partial charge in [-0.1, -0.05) is 0 Å². The standard InChI is InChI=1S/C12H15F3N4O2/c13-12(14,15)7-3-8(21-11(17)20)6-19(5-7)10-1-2-18-4-9(10)16/h1-2,4,7-8H,3,5-6,16H2,(H2,17,20). The summed E-state index contributed by atoms with van der Waals surface area (Å²) < 4.78 is 43.7. The van der Waals surface area contributed by atoms with Crippen molar-refractivity contribution in [2.45, 2.75) is 18.7 Å². The van der Waals surface area contributed by atoms with Gasteiger partial charge in [-0.05, 0) is 12.5 Å². The molecule has 0 aliphatic carbocycles. The molecule has 2 atom stereocenters. The number of primary amides is 1. The zero-order valence-electron chi connectivity index (χ0n) is 11.0. The van der Waals surface area contributed by atoms with Crippen molar-refractivity contribution in [3.8, 4) is 0 Å². The summed E-state index contributed by atoms with van der Waals surface area (Å²) in [5, 5.41) is 0. The molecule has 1 aliphatic heterocycles. The van der Waals surface area contributed by atoms with Crippen LogP contribution in [-0.4, -0.2) is 36.4 Å². The van der Waals surface area contributed by atoms with Crippen molar-refractivity contribution in [2.75, 3.05) is 23.7 Å². The molecule has 0 radical (unpaired) electrons. The first-order chi connectivity index (χ1) is 9.77. The van der Waals surface area contributed by atoms with Crippen molar-refractivity contribution < 1.29 is 22.7 Å². The number of nitrogen functional groups attached to an aromatic ring is 1. The lowest BCUT2D eigenvalue weighted by Gasteiger charge is -2.39. The number of rotatable bonds is 2. The van der Waals surface area contributed by atoms with Gasteiger partial charge in [0.1, 0.15) is 6.10 Å². The van der Waals surface area contributed by atoms with Gasteiger partial charge in [0.2, 0.25) is 0 Å². The average Bonchev–Trinajstić information content (AvgIpc) is 2.37. The summed E-state index contributed by atoms with van der Waals surface area (Å²) in [4.78, 5) is 16.0. The topological polar surface area (TPSA) is 94.5 Å². The van der Waals surface area contributed by atoms with Crippen LogP contribution in [0.3, 0.4) is 0 Å². The SMILES string of the molecule is NC(=O)OC1CC(C(F)(F)F)CN(c2ccncc2N)C1. The molecule has 2 rings (SSSR count). The molecule has 2 heterocycles. The van der Waals surface area contributed by atoms with Crippen molar-refractivity contribution >= 4 is 17.5 Å². The Balaban J connectivity index is 2.24. The van der Waals surface area contributed by atoms with E-state index in [1.54, 1.807) is 0 Å². The van der Waals surface area contributed by atoms with Gasteiger partial charge in [-0.25, -0.2) is 4.79 Å². The first-order valence-corrected chi connectivity index (χ1v) is 6.24. The van der Waals surface area contributed by atoms with E-state index in [9.17, 15) is 18.0 Å². The molecule has 0 spiro atoms. The number of piperidine rings is 1. The monoisotopic (exact) mass is 304 g/mol. The third-order valence-corrected chi connectivity index (χ3v) is 3.33. The Kier molecular flexibility index (Phi) is 4.10. The number of nitrogens with zero attached hydrogens (tertiary/aromatic N) is 2. The number of halogens is 3. The molecule has 9 heteroatoms. The second-order valence-electron chi connectivity index (χ2n) is 4.87. The number of carbonyl (C=O) groups is 1. The third kappa shape index (κ3) is 3.67. The van der Waals surface area contributed by atoms with Crippen molar-refractivity contribution in [2.24, 2.45) is 11.7 Å². The fraction of sp³-hybridized carbons (Fsp3) is 0.500. The number of hydrogen-bond acceptors (Lipinski definition) is 5. The zero-order valence-corrected chi connectivity index (χ0v) is 11.0. The summed E-state index contributed by atoms with van der Waals surface area (Å²) in [7, 11) is 0. The lowest BCUT2D eigenvalue weighted by molar-refractivity contribution is -0.182. The molecule has 2 unspecified atom stereocenters. The molecule has 116 valence electrons. The van der Waals surface area contributed by atoms with Crippen molar-refractivity contribution in [3.63, 3.8) is 0 Å². The van der Waals surface area contributed by atoms with Gasteiger partial charge in [0.15, 0.2) is 0 Å². The fourth-order valence-corrected chi connectivity index (χ4v) is 2.42. The van der Waals surface area contributed by atoms with E-state index in [4.69, 9.17) is 16.2 Å². The molecule has 0 bridgehead atoms. The molecular weight excluding hydrogens is 289 g/mol. The molecular formula is C12H15F3N4O2. The van der Waals surface area contributed by atoms with Gasteiger partial charge in [-0.3, -0.25) is 4.98 Å². The minimum absolute atomic E-state index is 0.101. The van der Waals surface area contributed by atoms with E-state index in [1.165, 1.54) is 23.4 Å². The first kappa shape index (κ1) is 15.2. The molecule has 1 aromatic rings. The van der Waals surface area contributed by atoms with Crippen LogP contribution in [0.5, 0.6) is 0 Å². The lowest BCUT2D eigenvalue weighted by Crippen LogP contribution is -2.49. The van der Waals surface area contributed by atoms with Gasteiger partial charge in [0.05, 0.1) is 30.0 Å². The first-order valence-electron chi connectivity index (χ1n) is 6.24. The predicted octanol–water partition coefficient (Wildman–Crippen LogP) is 1.52. The minimum atomic E-state index is -4.39. The maximum Gasteiger partial charge on any atom is 0.404 e. The summed E-state index contributed by atoms with van der Waals surface area (Å²) in [6.07, 6.45) is -3.93. The van der Waals surface area contributed by atoms with Gasteiger partial charge in [-0.15, -0.1) is 0 Å². The average molecular weight is 304 g/mol. The highest BCUT2D eigenvalue weighted by molar-refractivity contribution is 5.67. The summed E-state index contributed by atoms with van der Waals surface area (Å²) >= 11 is 0. The van der Waals surface area contributed by atoms with E-state index in [1.807, 2.05) is 0 Å². The van der Waals surface area contributed by atoms with Crippen LogP contribution < -0.4 is 16.4 Å². The van der Waals surface area contributed by atoms with E-state index in [0.717, 1.165) is 0 Å². The van der Waals surface area contributed by atoms with Gasteiger partial charge in [-0.2, -0.15) is 13.2 Å². The smallest absolute Gasteiger partial charge is 0.404 e. The molecule has 0 aromatic carbocycles. The Morgan fingerprint density at radius 1 is 1.43 bits per heavy atom. The molecule has 21 heavy (non-hydrogen) atoms. The molecule has 1 saturated heterocycles. The zero-order chi connectivity index (χ0) is 15.6. The molecule has 6 nitrogen and oxygen atoms in total. The largest absolute Gasteiger partial charge is 0.444 e. The molecule has 4 N–H and O–H groups in total. The van der Waals surface area contributed by atoms with E-state index in [-0.39, 0.29) is 25.2 Å². The van der Waals surface area contributed by atoms with E-state index in [2.05, 4.69) is 4.98 Å². The fourth-order valence-electron chi connectivity index (χ4n) is 2.42. The lowest BCUT2D eigenvalue weighted by atomic mass is 9.94. The number of pyridine rings is 1. The molecule has 1 aliphatic rings. The predicted molar refractivity (Wildman–Crippen MR) is 69.5 cm³/mol. The van der Waals surface area contributed by atoms with Gasteiger partial charge < -0.3 is 21.1 Å². The Labute approximate surface area is 118 Å². The maximum absolute atomic E-state index is 13.0. The van der Waals surface area contributed by atoms with Gasteiger partial charge in [0.25, 0.3) is 0 Å². The van der Waals surface area contributed by atoms with Crippen LogP contribution in [0.15, 0.2) is 18.5 Å². The third-order valence-electron chi connectivity index (χ3n) is 3.33. The van der Waals surface area contributed by atoms with Gasteiger partial charge in [0, 0.05) is 12.7 Å². The quantitative estimate of drug-likeness (QED) is 0.863. The van der Waals surface area contributed by atoms with E-state index < -0.39 is 24.3 Å². The highest BCUT2D eigenvalue weighted by Crippen LogP contribution is 2.36. The number of anilines is 2. The normalized spacial score (nSPS) is 22.9. The second-order valence-corrected chi connectivity index (χ2v) is 4.87. The Morgan fingerprint density at radius 3 is 2.71 bits per heavy atom. The van der Waals surface area contributed by atoms with Crippen molar-refractivity contribution in [1.82, 2.24) is 4.98 Å². The van der Waals surface area contributed by atoms with Crippen LogP contribution in [0.1, 0.15) is 6.42 Å². The summed E-state index contributed by atoms with van der Waals surface area (Å²) in [5.74, 6) is -1.62. The van der Waals surface area contributed by atoms with Crippen LogP contribution in [0, 0.1) is 5.92 Å². The van der Waals surface area contributed by atoms with Crippen molar-refractivity contribution in [3.05, 3.63) is 18.5 Å². The highest BCUT2D eigenvalue weighted by atomic mass is 19.4. The maximum atomic E-state index is 13.0. The molecule has 1 aromatic heterocycles. The van der Waals surface area contributed by atoms with Crippen LogP contribution in [-0.2, 0) is 4.74 Å².